The number of aromatic amines is 2. The number of nitrogens with one attached hydrogen (secondary N) is 3. The summed E-state index contributed by atoms with van der Waals surface area (Å²) in [5.74, 6) is -0.130. The molecule has 3 aromatic heterocycles. The Morgan fingerprint density at radius 1 is 1.24 bits per heavy atom. The number of anilines is 1. The van der Waals surface area contributed by atoms with Crippen LogP contribution >= 0.6 is 11.8 Å². The summed E-state index contributed by atoms with van der Waals surface area (Å²) in [6.07, 6.45) is 3.70. The van der Waals surface area contributed by atoms with Crippen molar-refractivity contribution in [2.24, 2.45) is 0 Å². The van der Waals surface area contributed by atoms with Gasteiger partial charge in [0.25, 0.3) is 0 Å². The molecule has 0 spiro atoms. The highest BCUT2D eigenvalue weighted by Crippen LogP contribution is 2.24. The SMILES string of the molecule is CC(Sc1ncc2ccccn12)C(=O)Nc1ccc2[nH]c(=O)[nH]c2c1. The van der Waals surface area contributed by atoms with Gasteiger partial charge in [-0.1, -0.05) is 17.8 Å². The van der Waals surface area contributed by atoms with Gasteiger partial charge in [0.05, 0.1) is 28.0 Å². The summed E-state index contributed by atoms with van der Waals surface area (Å²) in [7, 11) is 0. The van der Waals surface area contributed by atoms with Gasteiger partial charge in [-0.3, -0.25) is 9.20 Å². The minimum absolute atomic E-state index is 0.130. The van der Waals surface area contributed by atoms with Crippen LogP contribution in [0.1, 0.15) is 6.92 Å². The van der Waals surface area contributed by atoms with E-state index in [2.05, 4.69) is 20.3 Å². The van der Waals surface area contributed by atoms with Gasteiger partial charge in [-0.15, -0.1) is 0 Å². The number of benzene rings is 1. The van der Waals surface area contributed by atoms with E-state index in [9.17, 15) is 9.59 Å². The van der Waals surface area contributed by atoms with Crippen molar-refractivity contribution in [1.29, 1.82) is 0 Å². The average Bonchev–Trinajstić information content (AvgIpc) is 3.17. The van der Waals surface area contributed by atoms with Gasteiger partial charge in [0.1, 0.15) is 0 Å². The van der Waals surface area contributed by atoms with Gasteiger partial charge >= 0.3 is 5.69 Å². The lowest BCUT2D eigenvalue weighted by Crippen LogP contribution is -2.22. The van der Waals surface area contributed by atoms with E-state index in [0.717, 1.165) is 10.7 Å². The molecule has 25 heavy (non-hydrogen) atoms. The standard InChI is InChI=1S/C17H15N5O2S/c1-10(25-17-18-9-12-4-2-3-7-22(12)17)15(23)19-11-5-6-13-14(8-11)21-16(24)20-13/h2-10H,1H3,(H,19,23)(H2,20,21,24). The minimum atomic E-state index is -0.327. The average molecular weight is 353 g/mol. The van der Waals surface area contributed by atoms with Crippen LogP contribution in [-0.2, 0) is 4.79 Å². The van der Waals surface area contributed by atoms with E-state index in [4.69, 9.17) is 0 Å². The minimum Gasteiger partial charge on any atom is -0.325 e. The summed E-state index contributed by atoms with van der Waals surface area (Å²) in [5.41, 5.74) is 2.71. The zero-order valence-corrected chi connectivity index (χ0v) is 14.1. The maximum atomic E-state index is 12.5. The zero-order chi connectivity index (χ0) is 17.4. The number of thioether (sulfide) groups is 1. The Morgan fingerprint density at radius 3 is 2.96 bits per heavy atom. The summed E-state index contributed by atoms with van der Waals surface area (Å²) in [6.45, 7) is 1.83. The van der Waals surface area contributed by atoms with Crippen molar-refractivity contribution in [3.05, 3.63) is 59.3 Å². The molecule has 3 N–H and O–H groups in total. The monoisotopic (exact) mass is 353 g/mol. The number of hydrogen-bond acceptors (Lipinski definition) is 4. The number of carbonyl (C=O) groups excluding carboxylic acids is 1. The molecular formula is C17H15N5O2S. The number of nitrogens with zero attached hydrogens (tertiary/aromatic N) is 2. The highest BCUT2D eigenvalue weighted by Gasteiger charge is 2.17. The van der Waals surface area contributed by atoms with Crippen LogP contribution in [0.4, 0.5) is 5.69 Å². The topological polar surface area (TPSA) is 95.1 Å². The lowest BCUT2D eigenvalue weighted by molar-refractivity contribution is -0.115. The number of aromatic nitrogens is 4. The summed E-state index contributed by atoms with van der Waals surface area (Å²) in [6, 6.07) is 11.1. The number of pyridine rings is 1. The lowest BCUT2D eigenvalue weighted by Gasteiger charge is -2.11. The molecule has 0 aliphatic carbocycles. The van der Waals surface area contributed by atoms with Crippen molar-refractivity contribution in [1.82, 2.24) is 19.4 Å². The van der Waals surface area contributed by atoms with E-state index >= 15 is 0 Å². The number of carbonyl (C=O) groups is 1. The van der Waals surface area contributed by atoms with Gasteiger partial charge in [-0.25, -0.2) is 9.78 Å². The van der Waals surface area contributed by atoms with Gasteiger partial charge in [-0.2, -0.15) is 0 Å². The number of amides is 1. The highest BCUT2D eigenvalue weighted by atomic mass is 32.2. The Balaban J connectivity index is 1.50. The van der Waals surface area contributed by atoms with Crippen LogP contribution in [0.3, 0.4) is 0 Å². The molecule has 0 bridgehead atoms. The molecule has 8 heteroatoms. The fourth-order valence-corrected chi connectivity index (χ4v) is 3.45. The third-order valence-electron chi connectivity index (χ3n) is 3.84. The quantitative estimate of drug-likeness (QED) is 0.492. The second-order valence-electron chi connectivity index (χ2n) is 5.63. The molecule has 0 aliphatic rings. The molecule has 7 nitrogen and oxygen atoms in total. The molecule has 0 aliphatic heterocycles. The largest absolute Gasteiger partial charge is 0.325 e. The van der Waals surface area contributed by atoms with Crippen LogP contribution in [0.15, 0.2) is 58.7 Å². The fourth-order valence-electron chi connectivity index (χ4n) is 2.57. The predicted octanol–water partition coefficient (Wildman–Crippen LogP) is 2.62. The first-order chi connectivity index (χ1) is 12.1. The molecule has 0 saturated carbocycles. The van der Waals surface area contributed by atoms with Gasteiger partial charge in [0, 0.05) is 11.9 Å². The first kappa shape index (κ1) is 15.5. The van der Waals surface area contributed by atoms with E-state index in [-0.39, 0.29) is 16.8 Å². The predicted molar refractivity (Wildman–Crippen MR) is 98.1 cm³/mol. The molecule has 1 aromatic carbocycles. The van der Waals surface area contributed by atoms with Gasteiger partial charge in [0.2, 0.25) is 5.91 Å². The summed E-state index contributed by atoms with van der Waals surface area (Å²) < 4.78 is 1.95. The fraction of sp³-hybridized carbons (Fsp3) is 0.118. The van der Waals surface area contributed by atoms with Gasteiger partial charge in [0.15, 0.2) is 5.16 Å². The van der Waals surface area contributed by atoms with E-state index in [1.165, 1.54) is 11.8 Å². The second-order valence-corrected chi connectivity index (χ2v) is 6.93. The molecule has 0 radical (unpaired) electrons. The van der Waals surface area contributed by atoms with E-state index in [0.29, 0.717) is 16.7 Å². The number of H-pyrrole nitrogens is 2. The van der Waals surface area contributed by atoms with Crippen LogP contribution < -0.4 is 11.0 Å². The van der Waals surface area contributed by atoms with Crippen LogP contribution in [-0.4, -0.2) is 30.5 Å². The van der Waals surface area contributed by atoms with Crippen molar-refractivity contribution in [3.63, 3.8) is 0 Å². The maximum Gasteiger partial charge on any atom is 0.323 e. The molecule has 0 fully saturated rings. The van der Waals surface area contributed by atoms with Crippen LogP contribution in [0.25, 0.3) is 16.6 Å². The second kappa shape index (κ2) is 6.14. The molecule has 4 aromatic rings. The van der Waals surface area contributed by atoms with Crippen LogP contribution in [0.5, 0.6) is 0 Å². The molecule has 1 unspecified atom stereocenters. The number of hydrogen-bond donors (Lipinski definition) is 3. The Hall–Kier alpha value is -3.00. The molecule has 1 amide bonds. The first-order valence-corrected chi connectivity index (χ1v) is 8.60. The Kier molecular flexibility index (Phi) is 3.81. The van der Waals surface area contributed by atoms with Crippen molar-refractivity contribution < 1.29 is 4.79 Å². The molecule has 126 valence electrons. The van der Waals surface area contributed by atoms with Gasteiger partial charge in [-0.05, 0) is 37.3 Å². The van der Waals surface area contributed by atoms with Gasteiger partial charge < -0.3 is 15.3 Å². The Morgan fingerprint density at radius 2 is 2.08 bits per heavy atom. The van der Waals surface area contributed by atoms with Crippen LogP contribution in [0.2, 0.25) is 0 Å². The molecular weight excluding hydrogens is 338 g/mol. The third-order valence-corrected chi connectivity index (χ3v) is 4.92. The Bertz CT molecular complexity index is 1130. The normalized spacial score (nSPS) is 12.5. The summed E-state index contributed by atoms with van der Waals surface area (Å²) >= 11 is 1.39. The van der Waals surface area contributed by atoms with Crippen molar-refractivity contribution in [2.75, 3.05) is 5.32 Å². The molecule has 0 saturated heterocycles. The van der Waals surface area contributed by atoms with E-state index in [1.807, 2.05) is 35.7 Å². The first-order valence-electron chi connectivity index (χ1n) is 7.72. The zero-order valence-electron chi connectivity index (χ0n) is 13.3. The van der Waals surface area contributed by atoms with Crippen molar-refractivity contribution >= 4 is 39.9 Å². The maximum absolute atomic E-state index is 12.5. The highest BCUT2D eigenvalue weighted by molar-refractivity contribution is 8.00. The molecule has 3 heterocycles. The number of imidazole rings is 2. The van der Waals surface area contributed by atoms with E-state index in [1.54, 1.807) is 24.4 Å². The molecule has 4 rings (SSSR count). The van der Waals surface area contributed by atoms with Crippen molar-refractivity contribution in [2.45, 2.75) is 17.3 Å². The number of fused-ring (bicyclic) bond motifs is 2. The van der Waals surface area contributed by atoms with Crippen LogP contribution in [0, 0.1) is 0 Å². The molecule has 1 atom stereocenters. The van der Waals surface area contributed by atoms with Crippen molar-refractivity contribution in [3.8, 4) is 0 Å². The Labute approximate surface area is 146 Å². The smallest absolute Gasteiger partial charge is 0.323 e. The number of rotatable bonds is 4. The summed E-state index contributed by atoms with van der Waals surface area (Å²) in [5, 5.41) is 3.31. The van der Waals surface area contributed by atoms with E-state index < -0.39 is 0 Å². The summed E-state index contributed by atoms with van der Waals surface area (Å²) in [4.78, 5) is 33.5. The lowest BCUT2D eigenvalue weighted by atomic mass is 10.2. The third kappa shape index (κ3) is 3.03.